The van der Waals surface area contributed by atoms with Gasteiger partial charge < -0.3 is 38.6 Å². The van der Waals surface area contributed by atoms with E-state index in [1.54, 1.807) is 28.3 Å². The number of halogens is 7. The number of aromatic amines is 1. The summed E-state index contributed by atoms with van der Waals surface area (Å²) >= 11 is 18.1. The van der Waals surface area contributed by atoms with Crippen molar-refractivity contribution in [1.82, 2.24) is 39.3 Å². The van der Waals surface area contributed by atoms with Crippen LogP contribution in [0.15, 0.2) is 95.8 Å². The van der Waals surface area contributed by atoms with E-state index in [-0.39, 0.29) is 36.2 Å². The molecule has 2 amide bonds. The van der Waals surface area contributed by atoms with Gasteiger partial charge in [0.1, 0.15) is 22.2 Å². The van der Waals surface area contributed by atoms with Gasteiger partial charge in [0.05, 0.1) is 5.52 Å². The molecule has 0 aliphatic carbocycles. The van der Waals surface area contributed by atoms with Crippen LogP contribution in [0, 0.1) is 0 Å². The molecule has 6 heterocycles. The van der Waals surface area contributed by atoms with Gasteiger partial charge in [-0.15, -0.1) is 24.0 Å². The molecule has 0 spiro atoms. The zero-order valence-electron chi connectivity index (χ0n) is 38.4. The molecule has 0 atom stereocenters. The van der Waals surface area contributed by atoms with Gasteiger partial charge in [0.15, 0.2) is 10.3 Å². The third-order valence-electron chi connectivity index (χ3n) is 9.66. The molecule has 2 aliphatic rings. The third kappa shape index (κ3) is 19.3. The van der Waals surface area contributed by atoms with Crippen LogP contribution in [0.4, 0.5) is 21.0 Å². The Balaban J connectivity index is 0.000000281. The van der Waals surface area contributed by atoms with Crippen molar-refractivity contribution in [3.63, 3.8) is 0 Å². The fraction of sp³-hybridized carbons (Fsp3) is 0.409. The van der Waals surface area contributed by atoms with Gasteiger partial charge in [-0.2, -0.15) is 0 Å². The summed E-state index contributed by atoms with van der Waals surface area (Å²) in [6, 6.07) is 20.4. The number of amides is 2. The molecule has 2 fully saturated rings. The van der Waals surface area contributed by atoms with Crippen LogP contribution < -0.4 is 23.1 Å². The van der Waals surface area contributed by atoms with E-state index in [4.69, 9.17) is 21.1 Å². The molecule has 2 aromatic carbocycles. The minimum atomic E-state index is -0.472. The third-order valence-corrected chi connectivity index (χ3v) is 11.0. The summed E-state index contributed by atoms with van der Waals surface area (Å²) in [4.78, 5) is 52.7. The van der Waals surface area contributed by atoms with Crippen LogP contribution in [0.25, 0.3) is 27.6 Å². The van der Waals surface area contributed by atoms with E-state index in [0.29, 0.717) is 49.7 Å². The molecular weight excluding hydrogens is 1590 g/mol. The van der Waals surface area contributed by atoms with E-state index in [0.717, 1.165) is 48.2 Å². The summed E-state index contributed by atoms with van der Waals surface area (Å²) in [5.74, 6) is 0.858. The summed E-state index contributed by atoms with van der Waals surface area (Å²) in [6.07, 6.45) is 10.9. The Kier molecular flexibility index (Phi) is 27.3. The molecule has 0 unspecified atom stereocenters. The van der Waals surface area contributed by atoms with Gasteiger partial charge in [-0.05, 0) is 103 Å². The first-order chi connectivity index (χ1) is 31.5. The SMILES string of the molecule is CC(C)(C)OC(=O)N1CCN(c2cccc3[nH]ccc23)CC1.CSc1nccc(-n2ccc3c(N4CCN(C(=O)OC(C)(C)C)CC4)cccc32)n1.CSc1nccc(Cl)n1.I.II.I[I-]I. The number of hydrogen-bond acceptors (Lipinski definition) is 12. The summed E-state index contributed by atoms with van der Waals surface area (Å²) in [6.45, 7) is 17.2. The van der Waals surface area contributed by atoms with E-state index in [9.17, 15) is 9.59 Å². The van der Waals surface area contributed by atoms with E-state index < -0.39 is 11.2 Å². The second-order valence-corrected chi connectivity index (χ2v) is 34.5. The average molecular weight is 1650 g/mol. The summed E-state index contributed by atoms with van der Waals surface area (Å²) in [5.41, 5.74) is 3.74. The number of rotatable bonds is 5. The first-order valence-corrected chi connectivity index (χ1v) is 42.3. The van der Waals surface area contributed by atoms with Crippen LogP contribution >= 0.6 is 134 Å². The number of piperazine rings is 2. The van der Waals surface area contributed by atoms with E-state index >= 15 is 0 Å². The van der Waals surface area contributed by atoms with Crippen molar-refractivity contribution >= 4 is 179 Å². The maximum absolute atomic E-state index is 12.3. The van der Waals surface area contributed by atoms with Gasteiger partial charge in [0.25, 0.3) is 0 Å². The molecule has 0 saturated carbocycles. The monoisotopic (exact) mass is 1650 g/mol. The van der Waals surface area contributed by atoms with Gasteiger partial charge in [0.2, 0.25) is 0 Å². The molecule has 8 rings (SSSR count). The van der Waals surface area contributed by atoms with Crippen LogP contribution in [0.2, 0.25) is 5.15 Å². The molecule has 2 saturated heterocycles. The average Bonchev–Trinajstić information content (AvgIpc) is 3.98. The predicted molar refractivity (Wildman–Crippen MR) is 319 cm³/mol. The first-order valence-electron chi connectivity index (χ1n) is 20.6. The number of nitrogens with one attached hydrogen (secondary N) is 1. The van der Waals surface area contributed by atoms with Crippen LogP contribution in [0.5, 0.6) is 0 Å². The van der Waals surface area contributed by atoms with Crippen molar-refractivity contribution in [2.75, 3.05) is 74.7 Å². The van der Waals surface area contributed by atoms with E-state index in [1.165, 1.54) is 45.7 Å². The Morgan fingerprint density at radius 3 is 1.64 bits per heavy atom. The number of ether oxygens (including phenoxy) is 2. The molecule has 368 valence electrons. The fourth-order valence-corrected chi connectivity index (χ4v) is 7.76. The van der Waals surface area contributed by atoms with Crippen molar-refractivity contribution in [3.8, 4) is 5.82 Å². The molecule has 1 N–H and O–H groups in total. The van der Waals surface area contributed by atoms with Crippen LogP contribution in [0.3, 0.4) is 0 Å². The maximum atomic E-state index is 12.3. The number of fused-ring (bicyclic) bond motifs is 2. The molecule has 0 radical (unpaired) electrons. The standard InChI is InChI=1S/C22H27N5O2S.C17H23N3O2.C5H5ClN2S.I3.I2.HI/c1-22(2,3)29-21(28)26-14-12-25(13-15-26)17-6-5-7-18-16(17)9-11-27(18)19-8-10-23-20(24-19)30-4;1-17(2,3)22-16(21)20-11-9-19(10-12-20)15-6-4-5-14-13(15)7-8-18-14;1-9-5-7-3-2-4(6)8-5;1-3-2;1-2;/h5-11H,12-15H2,1-4H3;4-8,18H,9-12H2,1-3H3;2-3H,1H3;;;1H/q;;;-1;;. The van der Waals surface area contributed by atoms with Gasteiger partial charge >= 0.3 is 62.7 Å². The second kappa shape index (κ2) is 30.3. The summed E-state index contributed by atoms with van der Waals surface area (Å²) in [5, 5.41) is 4.36. The van der Waals surface area contributed by atoms with Crippen molar-refractivity contribution < 1.29 is 32.3 Å². The number of H-pyrrole nitrogens is 1. The fourth-order valence-electron chi connectivity index (χ4n) is 6.87. The molecule has 2 aliphatic heterocycles. The van der Waals surface area contributed by atoms with Crippen LogP contribution in [0.1, 0.15) is 41.5 Å². The van der Waals surface area contributed by atoms with Crippen LogP contribution in [-0.2, 0) is 9.47 Å². The van der Waals surface area contributed by atoms with Crippen molar-refractivity contribution in [1.29, 1.82) is 0 Å². The quantitative estimate of drug-likeness (QED) is 0.0761. The van der Waals surface area contributed by atoms with Gasteiger partial charge in [-0.3, -0.25) is 0 Å². The van der Waals surface area contributed by atoms with Gasteiger partial charge in [-0.25, -0.2) is 29.5 Å². The zero-order chi connectivity index (χ0) is 48.4. The Bertz CT molecular complexity index is 2440. The van der Waals surface area contributed by atoms with E-state index in [2.05, 4.69) is 168 Å². The number of anilines is 2. The minimum absolute atomic E-state index is 0. The number of aromatic nitrogens is 6. The van der Waals surface area contributed by atoms with Gasteiger partial charge in [-0.1, -0.05) is 47.3 Å². The molecule has 6 aromatic rings. The molecule has 4 aromatic heterocycles. The van der Waals surface area contributed by atoms with Crippen molar-refractivity contribution in [2.24, 2.45) is 0 Å². The van der Waals surface area contributed by atoms with Crippen LogP contribution in [-0.4, -0.2) is 128 Å². The topological polar surface area (TPSA) is 138 Å². The molecule has 14 nitrogen and oxygen atoms in total. The Morgan fingerprint density at radius 2 is 1.16 bits per heavy atom. The molecular formula is C44H56ClI6N10O4S2-. The number of hydrogen-bond donors (Lipinski definition) is 1. The number of thioether (sulfide) groups is 2. The van der Waals surface area contributed by atoms with Crippen molar-refractivity contribution in [3.05, 3.63) is 90.6 Å². The Labute approximate surface area is 478 Å². The van der Waals surface area contributed by atoms with Crippen molar-refractivity contribution in [2.45, 2.75) is 63.1 Å². The predicted octanol–water partition coefficient (Wildman–Crippen LogP) is 10.4. The molecule has 67 heavy (non-hydrogen) atoms. The second-order valence-electron chi connectivity index (χ2n) is 16.3. The number of benzene rings is 2. The number of carbonyl (C=O) groups excluding carboxylic acids is 2. The molecule has 0 bridgehead atoms. The zero-order valence-corrected chi connectivity index (χ0v) is 53.9. The summed E-state index contributed by atoms with van der Waals surface area (Å²) < 4.78 is 13.0. The first kappa shape index (κ1) is 60.5. The number of carbonyl (C=O) groups is 2. The Hall–Kier alpha value is -0.810. The Morgan fingerprint density at radius 1 is 0.687 bits per heavy atom. The van der Waals surface area contributed by atoms with Gasteiger partial charge in [0, 0.05) is 142 Å². The molecule has 23 heteroatoms. The van der Waals surface area contributed by atoms with E-state index in [1.807, 2.05) is 66.3 Å². The normalized spacial score (nSPS) is 13.7. The summed E-state index contributed by atoms with van der Waals surface area (Å²) in [7, 11) is 0. The number of nitrogens with zero attached hydrogens (tertiary/aromatic N) is 9.